The zero-order chi connectivity index (χ0) is 13.8. The van der Waals surface area contributed by atoms with Gasteiger partial charge in [-0.05, 0) is 36.9 Å². The molecule has 2 nitrogen and oxygen atoms in total. The molecule has 1 rings (SSSR count). The molecule has 0 amide bonds. The Morgan fingerprint density at radius 1 is 1.22 bits per heavy atom. The summed E-state index contributed by atoms with van der Waals surface area (Å²) in [6.07, 6.45) is 3.02. The number of benzene rings is 1. The van der Waals surface area contributed by atoms with Gasteiger partial charge in [0.15, 0.2) is 0 Å². The molecule has 0 saturated heterocycles. The van der Waals surface area contributed by atoms with Crippen molar-refractivity contribution in [3.05, 3.63) is 24.3 Å². The van der Waals surface area contributed by atoms with E-state index in [4.69, 9.17) is 10.5 Å². The third kappa shape index (κ3) is 4.21. The fourth-order valence-corrected chi connectivity index (χ4v) is 2.33. The van der Waals surface area contributed by atoms with E-state index in [-0.39, 0.29) is 17.6 Å². The third-order valence-electron chi connectivity index (χ3n) is 3.04. The summed E-state index contributed by atoms with van der Waals surface area (Å²) < 4.78 is 6.10. The molecule has 102 valence electrons. The quantitative estimate of drug-likeness (QED) is 0.821. The fourth-order valence-electron chi connectivity index (χ4n) is 1.92. The van der Waals surface area contributed by atoms with Gasteiger partial charge in [0.25, 0.3) is 0 Å². The first-order valence-electron chi connectivity index (χ1n) is 6.44. The summed E-state index contributed by atoms with van der Waals surface area (Å²) in [6.45, 7) is 8.61. The van der Waals surface area contributed by atoms with E-state index >= 15 is 0 Å². The highest BCUT2D eigenvalue weighted by Crippen LogP contribution is 2.28. The SMILES string of the molecule is CCC(N)C(Oc1ccc(SC)cc1)C(C)(C)C. The molecule has 0 fully saturated rings. The van der Waals surface area contributed by atoms with Gasteiger partial charge in [-0.15, -0.1) is 11.8 Å². The maximum atomic E-state index is 6.18. The average Bonchev–Trinajstić information content (AvgIpc) is 2.34. The Kier molecular flexibility index (Phi) is 5.54. The van der Waals surface area contributed by atoms with Crippen LogP contribution in [-0.4, -0.2) is 18.4 Å². The number of ether oxygens (including phenoxy) is 1. The van der Waals surface area contributed by atoms with Gasteiger partial charge in [-0.1, -0.05) is 27.7 Å². The summed E-state index contributed by atoms with van der Waals surface area (Å²) in [5.41, 5.74) is 6.21. The molecule has 2 N–H and O–H groups in total. The lowest BCUT2D eigenvalue weighted by Gasteiger charge is -2.35. The molecule has 0 aliphatic rings. The second-order valence-electron chi connectivity index (χ2n) is 5.65. The summed E-state index contributed by atoms with van der Waals surface area (Å²) in [5.74, 6) is 0.900. The zero-order valence-electron chi connectivity index (χ0n) is 12.1. The third-order valence-corrected chi connectivity index (χ3v) is 3.78. The van der Waals surface area contributed by atoms with Crippen LogP contribution in [0.1, 0.15) is 34.1 Å². The van der Waals surface area contributed by atoms with Gasteiger partial charge in [-0.25, -0.2) is 0 Å². The molecule has 0 saturated carbocycles. The van der Waals surface area contributed by atoms with Crippen LogP contribution in [-0.2, 0) is 0 Å². The van der Waals surface area contributed by atoms with Crippen LogP contribution in [0.4, 0.5) is 0 Å². The van der Waals surface area contributed by atoms with E-state index < -0.39 is 0 Å². The highest BCUT2D eigenvalue weighted by Gasteiger charge is 2.31. The van der Waals surface area contributed by atoms with E-state index in [1.54, 1.807) is 11.8 Å². The first-order valence-corrected chi connectivity index (χ1v) is 7.67. The normalized spacial score (nSPS) is 15.2. The summed E-state index contributed by atoms with van der Waals surface area (Å²) in [6, 6.07) is 8.26. The minimum absolute atomic E-state index is 0.0302. The van der Waals surface area contributed by atoms with E-state index in [9.17, 15) is 0 Å². The number of nitrogens with two attached hydrogens (primary N) is 1. The Morgan fingerprint density at radius 2 is 1.78 bits per heavy atom. The maximum Gasteiger partial charge on any atom is 0.119 e. The molecule has 0 aromatic heterocycles. The molecule has 1 aromatic rings. The van der Waals surface area contributed by atoms with Gasteiger partial charge in [0.1, 0.15) is 11.9 Å². The van der Waals surface area contributed by atoms with Crippen molar-refractivity contribution in [1.29, 1.82) is 0 Å². The Morgan fingerprint density at radius 3 is 2.17 bits per heavy atom. The molecule has 0 radical (unpaired) electrons. The van der Waals surface area contributed by atoms with Crippen molar-refractivity contribution in [3.63, 3.8) is 0 Å². The van der Waals surface area contributed by atoms with Crippen LogP contribution in [0.2, 0.25) is 0 Å². The summed E-state index contributed by atoms with van der Waals surface area (Å²) >= 11 is 1.73. The van der Waals surface area contributed by atoms with Crippen LogP contribution in [0.5, 0.6) is 5.75 Å². The number of hydrogen-bond acceptors (Lipinski definition) is 3. The van der Waals surface area contributed by atoms with Crippen LogP contribution < -0.4 is 10.5 Å². The smallest absolute Gasteiger partial charge is 0.119 e. The van der Waals surface area contributed by atoms with Crippen molar-refractivity contribution >= 4 is 11.8 Å². The van der Waals surface area contributed by atoms with Crippen LogP contribution in [0.3, 0.4) is 0 Å². The predicted molar refractivity (Wildman–Crippen MR) is 80.4 cm³/mol. The Balaban J connectivity index is 2.82. The second kappa shape index (κ2) is 6.48. The number of hydrogen-bond donors (Lipinski definition) is 1. The molecule has 2 unspecified atom stereocenters. The maximum absolute atomic E-state index is 6.18. The Hall–Kier alpha value is -0.670. The summed E-state index contributed by atoms with van der Waals surface area (Å²) in [4.78, 5) is 1.24. The van der Waals surface area contributed by atoms with Crippen molar-refractivity contribution in [2.45, 2.75) is 51.2 Å². The molecule has 1 aromatic carbocycles. The molecular formula is C15H25NOS. The highest BCUT2D eigenvalue weighted by molar-refractivity contribution is 7.98. The van der Waals surface area contributed by atoms with Gasteiger partial charge in [0, 0.05) is 16.4 Å². The largest absolute Gasteiger partial charge is 0.488 e. The van der Waals surface area contributed by atoms with E-state index in [1.807, 2.05) is 12.1 Å². The first kappa shape index (κ1) is 15.4. The minimum atomic E-state index is 0.0302. The van der Waals surface area contributed by atoms with Crippen molar-refractivity contribution in [1.82, 2.24) is 0 Å². The second-order valence-corrected chi connectivity index (χ2v) is 6.53. The van der Waals surface area contributed by atoms with E-state index in [1.165, 1.54) is 4.90 Å². The van der Waals surface area contributed by atoms with Crippen LogP contribution in [0.15, 0.2) is 29.2 Å². The minimum Gasteiger partial charge on any atom is -0.488 e. The lowest BCUT2D eigenvalue weighted by molar-refractivity contribution is 0.0621. The van der Waals surface area contributed by atoms with Gasteiger partial charge in [-0.2, -0.15) is 0 Å². The summed E-state index contributed by atoms with van der Waals surface area (Å²) in [5, 5.41) is 0. The summed E-state index contributed by atoms with van der Waals surface area (Å²) in [7, 11) is 0. The molecule has 3 heteroatoms. The average molecular weight is 267 g/mol. The zero-order valence-corrected chi connectivity index (χ0v) is 12.9. The lowest BCUT2D eigenvalue weighted by atomic mass is 9.84. The van der Waals surface area contributed by atoms with Gasteiger partial charge in [0.05, 0.1) is 0 Å². The van der Waals surface area contributed by atoms with Crippen molar-refractivity contribution in [3.8, 4) is 5.75 Å². The van der Waals surface area contributed by atoms with Gasteiger partial charge < -0.3 is 10.5 Å². The lowest BCUT2D eigenvalue weighted by Crippen LogP contribution is -2.47. The van der Waals surface area contributed by atoms with Crippen LogP contribution in [0.25, 0.3) is 0 Å². The van der Waals surface area contributed by atoms with Gasteiger partial charge in [-0.3, -0.25) is 0 Å². The molecule has 0 spiro atoms. The predicted octanol–water partition coefficient (Wildman–Crippen LogP) is 3.94. The van der Waals surface area contributed by atoms with E-state index in [0.29, 0.717) is 0 Å². The van der Waals surface area contributed by atoms with E-state index in [0.717, 1.165) is 12.2 Å². The molecule has 0 aliphatic heterocycles. The standard InChI is InChI=1S/C15H25NOS/c1-6-13(16)14(15(2,3)4)17-11-7-9-12(18-5)10-8-11/h7-10,13-14H,6,16H2,1-5H3. The number of thioether (sulfide) groups is 1. The monoisotopic (exact) mass is 267 g/mol. The number of rotatable bonds is 5. The Bertz CT molecular complexity index is 356. The molecule has 0 bridgehead atoms. The van der Waals surface area contributed by atoms with Crippen LogP contribution in [0, 0.1) is 5.41 Å². The molecular weight excluding hydrogens is 242 g/mol. The van der Waals surface area contributed by atoms with E-state index in [2.05, 4.69) is 46.1 Å². The first-order chi connectivity index (χ1) is 8.38. The molecule has 18 heavy (non-hydrogen) atoms. The van der Waals surface area contributed by atoms with Crippen molar-refractivity contribution in [2.75, 3.05) is 6.26 Å². The molecule has 2 atom stereocenters. The fraction of sp³-hybridized carbons (Fsp3) is 0.600. The molecule has 0 aliphatic carbocycles. The van der Waals surface area contributed by atoms with Crippen LogP contribution >= 0.6 is 11.8 Å². The van der Waals surface area contributed by atoms with Crippen molar-refractivity contribution in [2.24, 2.45) is 11.1 Å². The topological polar surface area (TPSA) is 35.2 Å². The van der Waals surface area contributed by atoms with Crippen molar-refractivity contribution < 1.29 is 4.74 Å². The highest BCUT2D eigenvalue weighted by atomic mass is 32.2. The Labute approximate surface area is 115 Å². The van der Waals surface area contributed by atoms with Gasteiger partial charge >= 0.3 is 0 Å². The van der Waals surface area contributed by atoms with Gasteiger partial charge in [0.2, 0.25) is 0 Å². The molecule has 0 heterocycles.